The van der Waals surface area contributed by atoms with Crippen LogP contribution < -0.4 is 9.47 Å². The maximum Gasteiger partial charge on any atom is 0.122 e. The Balaban J connectivity index is 1.36. The molecule has 0 atom stereocenters. The van der Waals surface area contributed by atoms with Crippen LogP contribution in [-0.4, -0.2) is 13.2 Å². The number of ether oxygens (including phenoxy) is 2. The molecule has 0 spiro atoms. The number of aryl methyl sites for hydroxylation is 2. The van der Waals surface area contributed by atoms with Crippen LogP contribution in [0.1, 0.15) is 47.9 Å². The van der Waals surface area contributed by atoms with Crippen molar-refractivity contribution >= 4 is 0 Å². The van der Waals surface area contributed by atoms with Crippen LogP contribution in [0.3, 0.4) is 0 Å². The van der Waals surface area contributed by atoms with E-state index < -0.39 is 0 Å². The third-order valence-electron chi connectivity index (χ3n) is 5.30. The molecule has 0 saturated carbocycles. The van der Waals surface area contributed by atoms with Gasteiger partial charge >= 0.3 is 0 Å². The predicted molar refractivity (Wildman–Crippen MR) is 97.2 cm³/mol. The lowest BCUT2D eigenvalue weighted by Crippen LogP contribution is -2.13. The minimum absolute atomic E-state index is 0.611. The number of benzene rings is 2. The third kappa shape index (κ3) is 3.28. The summed E-state index contributed by atoms with van der Waals surface area (Å²) in [4.78, 5) is 0. The Bertz CT molecular complexity index is 644. The van der Waals surface area contributed by atoms with Crippen LogP contribution in [0, 0.1) is 0 Å². The van der Waals surface area contributed by atoms with Crippen molar-refractivity contribution < 1.29 is 9.47 Å². The molecule has 4 rings (SSSR count). The standard InChI is InChI=1S/C22H26O2/c1-3-11-19-17(7-1)9-5-13-21(19)23-15-16-24-22-14-6-10-18-8-2-4-12-20(18)22/h5-6,9-10,13-14H,1-4,7-8,11-12,15-16H2. The fourth-order valence-electron chi connectivity index (χ4n) is 4.07. The third-order valence-corrected chi connectivity index (χ3v) is 5.30. The molecule has 0 unspecified atom stereocenters. The molecule has 0 N–H and O–H groups in total. The maximum atomic E-state index is 6.05. The average molecular weight is 322 g/mol. The molecule has 2 nitrogen and oxygen atoms in total. The van der Waals surface area contributed by atoms with Gasteiger partial charge in [0, 0.05) is 0 Å². The second-order valence-corrected chi connectivity index (χ2v) is 6.90. The van der Waals surface area contributed by atoms with E-state index in [1.165, 1.54) is 60.8 Å². The zero-order valence-corrected chi connectivity index (χ0v) is 14.4. The zero-order chi connectivity index (χ0) is 16.2. The molecule has 0 radical (unpaired) electrons. The summed E-state index contributed by atoms with van der Waals surface area (Å²) in [7, 11) is 0. The summed E-state index contributed by atoms with van der Waals surface area (Å²) in [6.45, 7) is 1.22. The summed E-state index contributed by atoms with van der Waals surface area (Å²) in [5.41, 5.74) is 5.77. The van der Waals surface area contributed by atoms with Crippen LogP contribution >= 0.6 is 0 Å². The lowest BCUT2D eigenvalue weighted by molar-refractivity contribution is 0.214. The number of hydrogen-bond acceptors (Lipinski definition) is 2. The van der Waals surface area contributed by atoms with E-state index in [9.17, 15) is 0 Å². The molecule has 2 aromatic carbocycles. The molecule has 2 aliphatic rings. The van der Waals surface area contributed by atoms with Crippen LogP contribution in [0.2, 0.25) is 0 Å². The topological polar surface area (TPSA) is 18.5 Å². The molecule has 0 heterocycles. The highest BCUT2D eigenvalue weighted by molar-refractivity contribution is 5.42. The van der Waals surface area contributed by atoms with Crippen molar-refractivity contribution in [2.45, 2.75) is 51.4 Å². The molecule has 126 valence electrons. The van der Waals surface area contributed by atoms with Crippen LogP contribution in [-0.2, 0) is 25.7 Å². The Morgan fingerprint density at radius 3 is 1.54 bits per heavy atom. The van der Waals surface area contributed by atoms with Gasteiger partial charge in [0.1, 0.15) is 24.7 Å². The monoisotopic (exact) mass is 322 g/mol. The molecule has 0 aromatic heterocycles. The molecule has 0 bridgehead atoms. The van der Waals surface area contributed by atoms with E-state index in [-0.39, 0.29) is 0 Å². The van der Waals surface area contributed by atoms with Gasteiger partial charge < -0.3 is 9.47 Å². The predicted octanol–water partition coefficient (Wildman–Crippen LogP) is 4.90. The van der Waals surface area contributed by atoms with Crippen molar-refractivity contribution in [2.75, 3.05) is 13.2 Å². The van der Waals surface area contributed by atoms with Crippen molar-refractivity contribution in [3.63, 3.8) is 0 Å². The highest BCUT2D eigenvalue weighted by Crippen LogP contribution is 2.31. The average Bonchev–Trinajstić information content (AvgIpc) is 2.65. The molecule has 2 aliphatic carbocycles. The van der Waals surface area contributed by atoms with Gasteiger partial charge in [0.05, 0.1) is 0 Å². The van der Waals surface area contributed by atoms with E-state index in [1.807, 2.05) is 0 Å². The Labute approximate surface area is 144 Å². The Morgan fingerprint density at radius 2 is 1.04 bits per heavy atom. The lowest BCUT2D eigenvalue weighted by atomic mass is 9.91. The van der Waals surface area contributed by atoms with Crippen LogP contribution in [0.5, 0.6) is 11.5 Å². The van der Waals surface area contributed by atoms with Crippen molar-refractivity contribution in [3.05, 3.63) is 58.7 Å². The molecular weight excluding hydrogens is 296 g/mol. The second-order valence-electron chi connectivity index (χ2n) is 6.90. The highest BCUT2D eigenvalue weighted by Gasteiger charge is 2.15. The molecule has 2 aromatic rings. The van der Waals surface area contributed by atoms with Gasteiger partial charge in [0.15, 0.2) is 0 Å². The van der Waals surface area contributed by atoms with Gasteiger partial charge in [-0.1, -0.05) is 24.3 Å². The van der Waals surface area contributed by atoms with E-state index in [0.717, 1.165) is 24.3 Å². The first kappa shape index (κ1) is 15.6. The van der Waals surface area contributed by atoms with Crippen molar-refractivity contribution in [3.8, 4) is 11.5 Å². The fourth-order valence-corrected chi connectivity index (χ4v) is 4.07. The maximum absolute atomic E-state index is 6.05. The molecule has 0 aliphatic heterocycles. The molecule has 0 amide bonds. The summed E-state index contributed by atoms with van der Waals surface area (Å²) >= 11 is 0. The minimum atomic E-state index is 0.611. The molecule has 0 saturated heterocycles. The van der Waals surface area contributed by atoms with E-state index in [1.54, 1.807) is 0 Å². The minimum Gasteiger partial charge on any atom is -0.490 e. The van der Waals surface area contributed by atoms with Crippen molar-refractivity contribution in [1.82, 2.24) is 0 Å². The van der Waals surface area contributed by atoms with Crippen LogP contribution in [0.25, 0.3) is 0 Å². The molecule has 2 heteroatoms. The smallest absolute Gasteiger partial charge is 0.122 e. The van der Waals surface area contributed by atoms with Gasteiger partial charge in [-0.15, -0.1) is 0 Å². The van der Waals surface area contributed by atoms with E-state index in [2.05, 4.69) is 36.4 Å². The SMILES string of the molecule is c1cc2c(c(OCCOc3cccc4c3CCCC4)c1)CCCC2. The van der Waals surface area contributed by atoms with Crippen LogP contribution in [0.15, 0.2) is 36.4 Å². The van der Waals surface area contributed by atoms with E-state index in [0.29, 0.717) is 13.2 Å². The fraction of sp³-hybridized carbons (Fsp3) is 0.455. The molecule has 0 fully saturated rings. The first-order valence-corrected chi connectivity index (χ1v) is 9.39. The summed E-state index contributed by atoms with van der Waals surface area (Å²) in [5.74, 6) is 2.12. The van der Waals surface area contributed by atoms with Crippen molar-refractivity contribution in [2.24, 2.45) is 0 Å². The highest BCUT2D eigenvalue weighted by atomic mass is 16.5. The van der Waals surface area contributed by atoms with Gasteiger partial charge in [0.2, 0.25) is 0 Å². The normalized spacial score (nSPS) is 16.2. The van der Waals surface area contributed by atoms with E-state index >= 15 is 0 Å². The first-order chi connectivity index (χ1) is 11.9. The first-order valence-electron chi connectivity index (χ1n) is 9.39. The van der Waals surface area contributed by atoms with Gasteiger partial charge in [0.25, 0.3) is 0 Å². The Hall–Kier alpha value is -1.96. The van der Waals surface area contributed by atoms with Gasteiger partial charge in [-0.25, -0.2) is 0 Å². The number of hydrogen-bond donors (Lipinski definition) is 0. The quantitative estimate of drug-likeness (QED) is 0.729. The van der Waals surface area contributed by atoms with E-state index in [4.69, 9.17) is 9.47 Å². The zero-order valence-electron chi connectivity index (χ0n) is 14.4. The molecule has 24 heavy (non-hydrogen) atoms. The summed E-state index contributed by atoms with van der Waals surface area (Å²) in [5, 5.41) is 0. The summed E-state index contributed by atoms with van der Waals surface area (Å²) in [6, 6.07) is 12.9. The van der Waals surface area contributed by atoms with Gasteiger partial charge in [-0.3, -0.25) is 0 Å². The Morgan fingerprint density at radius 1 is 0.583 bits per heavy atom. The van der Waals surface area contributed by atoms with Crippen LogP contribution in [0.4, 0.5) is 0 Å². The summed E-state index contributed by atoms with van der Waals surface area (Å²) < 4.78 is 12.1. The Kier molecular flexibility index (Phi) is 4.73. The summed E-state index contributed by atoms with van der Waals surface area (Å²) in [6.07, 6.45) is 9.85. The number of fused-ring (bicyclic) bond motifs is 2. The largest absolute Gasteiger partial charge is 0.490 e. The second kappa shape index (κ2) is 7.29. The van der Waals surface area contributed by atoms with Gasteiger partial charge in [-0.2, -0.15) is 0 Å². The van der Waals surface area contributed by atoms with Crippen molar-refractivity contribution in [1.29, 1.82) is 0 Å². The van der Waals surface area contributed by atoms with Gasteiger partial charge in [-0.05, 0) is 85.8 Å². The number of rotatable bonds is 5. The lowest BCUT2D eigenvalue weighted by Gasteiger charge is -2.21. The molecular formula is C22H26O2.